The smallest absolute Gasteiger partial charge is 0.115 e. The first-order chi connectivity index (χ1) is 6.27. The molecule has 1 heteroatoms. The van der Waals surface area contributed by atoms with E-state index in [0.29, 0.717) is 5.75 Å². The van der Waals surface area contributed by atoms with Crippen LogP contribution in [0.15, 0.2) is 42.5 Å². The monoisotopic (exact) mass is 174 g/mol. The normalized spacial score (nSPS) is 12.3. The Morgan fingerprint density at radius 1 is 1.15 bits per heavy atom. The van der Waals surface area contributed by atoms with Gasteiger partial charge < -0.3 is 5.11 Å². The van der Waals surface area contributed by atoms with Crippen LogP contribution in [0, 0.1) is 0 Å². The molecule has 0 spiro atoms. The first kappa shape index (κ1) is 9.59. The average molecular weight is 174 g/mol. The van der Waals surface area contributed by atoms with Crippen molar-refractivity contribution < 1.29 is 5.11 Å². The summed E-state index contributed by atoms with van der Waals surface area (Å²) in [5, 5.41) is 9.10. The van der Waals surface area contributed by atoms with Crippen molar-refractivity contribution in [3.05, 3.63) is 48.1 Å². The van der Waals surface area contributed by atoms with Gasteiger partial charge in [0.05, 0.1) is 0 Å². The third-order valence-electron chi connectivity index (χ3n) is 1.86. The molecule has 0 saturated heterocycles. The van der Waals surface area contributed by atoms with Crippen molar-refractivity contribution in [1.82, 2.24) is 0 Å². The molecule has 68 valence electrons. The number of hydrogen-bond donors (Lipinski definition) is 1. The molecule has 0 radical (unpaired) electrons. The number of benzene rings is 1. The molecule has 1 aromatic carbocycles. The van der Waals surface area contributed by atoms with Gasteiger partial charge >= 0.3 is 0 Å². The molecule has 0 atom stereocenters. The lowest BCUT2D eigenvalue weighted by Gasteiger charge is -2.01. The minimum absolute atomic E-state index is 0.305. The van der Waals surface area contributed by atoms with E-state index in [-0.39, 0.29) is 0 Å². The maximum absolute atomic E-state index is 9.10. The van der Waals surface area contributed by atoms with Crippen molar-refractivity contribution in [2.45, 2.75) is 13.8 Å². The Hall–Kier alpha value is -1.50. The summed E-state index contributed by atoms with van der Waals surface area (Å²) in [5.74, 6) is 0.305. The molecular weight excluding hydrogens is 160 g/mol. The molecule has 0 bridgehead atoms. The Morgan fingerprint density at radius 2 is 1.77 bits per heavy atom. The fourth-order valence-electron chi connectivity index (χ4n) is 1.19. The third-order valence-corrected chi connectivity index (χ3v) is 1.86. The number of rotatable bonds is 2. The van der Waals surface area contributed by atoms with Crippen LogP contribution in [0.4, 0.5) is 0 Å². The van der Waals surface area contributed by atoms with Gasteiger partial charge in [0.15, 0.2) is 0 Å². The van der Waals surface area contributed by atoms with Gasteiger partial charge in [0.25, 0.3) is 0 Å². The summed E-state index contributed by atoms with van der Waals surface area (Å²) in [4.78, 5) is 0. The summed E-state index contributed by atoms with van der Waals surface area (Å²) < 4.78 is 0. The van der Waals surface area contributed by atoms with Crippen molar-refractivity contribution in [2.75, 3.05) is 0 Å². The molecule has 1 aromatic rings. The highest BCUT2D eigenvalue weighted by molar-refractivity contribution is 5.73. The van der Waals surface area contributed by atoms with Crippen molar-refractivity contribution in [2.24, 2.45) is 0 Å². The van der Waals surface area contributed by atoms with E-state index in [1.165, 1.54) is 5.57 Å². The average Bonchev–Trinajstić information content (AvgIpc) is 2.16. The van der Waals surface area contributed by atoms with E-state index in [0.717, 1.165) is 5.56 Å². The summed E-state index contributed by atoms with van der Waals surface area (Å²) >= 11 is 0. The Labute approximate surface area is 79.0 Å². The fourth-order valence-corrected chi connectivity index (χ4v) is 1.19. The van der Waals surface area contributed by atoms with E-state index < -0.39 is 0 Å². The molecule has 13 heavy (non-hydrogen) atoms. The van der Waals surface area contributed by atoms with Crippen LogP contribution in [0.3, 0.4) is 0 Å². The van der Waals surface area contributed by atoms with Crippen LogP contribution >= 0.6 is 0 Å². The number of phenolic OH excluding ortho intramolecular Hbond substituents is 1. The number of hydrogen-bond acceptors (Lipinski definition) is 1. The van der Waals surface area contributed by atoms with Crippen molar-refractivity contribution in [3.63, 3.8) is 0 Å². The summed E-state index contributed by atoms with van der Waals surface area (Å²) in [6.45, 7) is 3.99. The lowest BCUT2D eigenvalue weighted by Crippen LogP contribution is -1.78. The van der Waals surface area contributed by atoms with Gasteiger partial charge in [-0.25, -0.2) is 0 Å². The molecule has 0 aliphatic heterocycles. The SMILES string of the molecule is CC=CC(=CC)c1ccc(O)cc1. The third kappa shape index (κ3) is 2.48. The standard InChI is InChI=1S/C12H14O/c1-3-5-10(4-2)11-6-8-12(13)9-7-11/h3-9,13H,1-2H3. The summed E-state index contributed by atoms with van der Waals surface area (Å²) in [7, 11) is 0. The zero-order valence-corrected chi connectivity index (χ0v) is 7.99. The molecule has 0 saturated carbocycles. The van der Waals surface area contributed by atoms with Crippen molar-refractivity contribution in [1.29, 1.82) is 0 Å². The molecule has 0 fully saturated rings. The zero-order chi connectivity index (χ0) is 9.68. The highest BCUT2D eigenvalue weighted by Crippen LogP contribution is 2.18. The van der Waals surface area contributed by atoms with Crippen LogP contribution in [0.1, 0.15) is 19.4 Å². The van der Waals surface area contributed by atoms with Gasteiger partial charge in [-0.2, -0.15) is 0 Å². The van der Waals surface area contributed by atoms with Gasteiger partial charge in [0.2, 0.25) is 0 Å². The van der Waals surface area contributed by atoms with E-state index >= 15 is 0 Å². The summed E-state index contributed by atoms with van der Waals surface area (Å²) in [6, 6.07) is 7.21. The lowest BCUT2D eigenvalue weighted by atomic mass is 10.1. The highest BCUT2D eigenvalue weighted by atomic mass is 16.3. The number of phenols is 1. The molecule has 1 N–H and O–H groups in total. The predicted octanol–water partition coefficient (Wildman–Crippen LogP) is 3.37. The Morgan fingerprint density at radius 3 is 2.23 bits per heavy atom. The van der Waals surface area contributed by atoms with Gasteiger partial charge in [-0.3, -0.25) is 0 Å². The number of aromatic hydroxyl groups is 1. The van der Waals surface area contributed by atoms with Crippen molar-refractivity contribution in [3.8, 4) is 5.75 Å². The van der Waals surface area contributed by atoms with Crippen LogP contribution in [0.25, 0.3) is 5.57 Å². The Bertz CT molecular complexity index is 317. The minimum Gasteiger partial charge on any atom is -0.508 e. The maximum Gasteiger partial charge on any atom is 0.115 e. The van der Waals surface area contributed by atoms with Crippen molar-refractivity contribution >= 4 is 5.57 Å². The van der Waals surface area contributed by atoms with Crippen LogP contribution in [-0.4, -0.2) is 5.11 Å². The molecule has 0 unspecified atom stereocenters. The Kier molecular flexibility index (Phi) is 3.32. The molecule has 0 heterocycles. The van der Waals surface area contributed by atoms with Crippen LogP contribution in [0.5, 0.6) is 5.75 Å². The largest absolute Gasteiger partial charge is 0.508 e. The van der Waals surface area contributed by atoms with Gasteiger partial charge in [0, 0.05) is 0 Å². The topological polar surface area (TPSA) is 20.2 Å². The highest BCUT2D eigenvalue weighted by Gasteiger charge is 1.95. The van der Waals surface area contributed by atoms with E-state index in [1.807, 2.05) is 44.2 Å². The molecule has 0 aliphatic rings. The quantitative estimate of drug-likeness (QED) is 0.681. The second-order valence-electron chi connectivity index (χ2n) is 2.79. The van der Waals surface area contributed by atoms with Gasteiger partial charge in [-0.1, -0.05) is 30.4 Å². The minimum atomic E-state index is 0.305. The Balaban J connectivity index is 3.00. The summed E-state index contributed by atoms with van der Waals surface area (Å²) in [6.07, 6.45) is 6.10. The summed E-state index contributed by atoms with van der Waals surface area (Å²) in [5.41, 5.74) is 2.29. The van der Waals surface area contributed by atoms with Crippen LogP contribution < -0.4 is 0 Å². The van der Waals surface area contributed by atoms with E-state index in [4.69, 9.17) is 5.11 Å². The second kappa shape index (κ2) is 4.51. The van der Waals surface area contributed by atoms with E-state index in [1.54, 1.807) is 12.1 Å². The maximum atomic E-state index is 9.10. The van der Waals surface area contributed by atoms with E-state index in [9.17, 15) is 0 Å². The van der Waals surface area contributed by atoms with Crippen LogP contribution in [-0.2, 0) is 0 Å². The lowest BCUT2D eigenvalue weighted by molar-refractivity contribution is 0.475. The van der Waals surface area contributed by atoms with E-state index in [2.05, 4.69) is 0 Å². The first-order valence-corrected chi connectivity index (χ1v) is 4.36. The van der Waals surface area contributed by atoms with Gasteiger partial charge in [0.1, 0.15) is 5.75 Å². The molecule has 1 nitrogen and oxygen atoms in total. The second-order valence-corrected chi connectivity index (χ2v) is 2.79. The molecular formula is C12H14O. The van der Waals surface area contributed by atoms with Gasteiger partial charge in [-0.05, 0) is 37.1 Å². The molecule has 0 aliphatic carbocycles. The van der Waals surface area contributed by atoms with Gasteiger partial charge in [-0.15, -0.1) is 0 Å². The molecule has 0 aromatic heterocycles. The number of allylic oxidation sites excluding steroid dienone is 4. The molecule has 1 rings (SSSR count). The fraction of sp³-hybridized carbons (Fsp3) is 0.167. The van der Waals surface area contributed by atoms with Crippen LogP contribution in [0.2, 0.25) is 0 Å². The zero-order valence-electron chi connectivity index (χ0n) is 7.99. The first-order valence-electron chi connectivity index (χ1n) is 4.36. The predicted molar refractivity (Wildman–Crippen MR) is 56.6 cm³/mol. The molecule has 0 amide bonds.